The lowest BCUT2D eigenvalue weighted by Gasteiger charge is -2.31. The average Bonchev–Trinajstić information content (AvgIpc) is 2.15. The van der Waals surface area contributed by atoms with Gasteiger partial charge in [0.05, 0.1) is 5.54 Å². The highest BCUT2D eigenvalue weighted by Crippen LogP contribution is 2.25. The summed E-state index contributed by atoms with van der Waals surface area (Å²) in [5.74, 6) is 0.0301. The molecule has 94 valence electrons. The second-order valence-electron chi connectivity index (χ2n) is 5.84. The molecule has 0 fully saturated rings. The first-order valence-corrected chi connectivity index (χ1v) is 6.09. The van der Waals surface area contributed by atoms with Crippen molar-refractivity contribution >= 4 is 17.5 Å². The van der Waals surface area contributed by atoms with Crippen LogP contribution in [0.2, 0.25) is 5.02 Å². The van der Waals surface area contributed by atoms with Gasteiger partial charge in [-0.25, -0.2) is 0 Å². The molecule has 0 saturated carbocycles. The summed E-state index contributed by atoms with van der Waals surface area (Å²) in [7, 11) is 0. The Morgan fingerprint density at radius 3 is 2.24 bits per heavy atom. The van der Waals surface area contributed by atoms with E-state index < -0.39 is 11.0 Å². The smallest absolute Gasteiger partial charge is 0.226 e. The van der Waals surface area contributed by atoms with E-state index in [-0.39, 0.29) is 5.91 Å². The molecule has 0 heterocycles. The Morgan fingerprint density at radius 1 is 1.18 bits per heavy atom. The van der Waals surface area contributed by atoms with Crippen LogP contribution in [0, 0.1) is 5.41 Å². The Bertz CT molecular complexity index is 418. The van der Waals surface area contributed by atoms with Gasteiger partial charge in [0.2, 0.25) is 5.91 Å². The van der Waals surface area contributed by atoms with Gasteiger partial charge in [0.1, 0.15) is 0 Å². The summed E-state index contributed by atoms with van der Waals surface area (Å²) >= 11 is 5.96. The third-order valence-corrected chi connectivity index (χ3v) is 2.89. The molecule has 2 nitrogen and oxygen atoms in total. The molecule has 0 saturated heterocycles. The average molecular weight is 254 g/mol. The van der Waals surface area contributed by atoms with Gasteiger partial charge < -0.3 is 5.32 Å². The van der Waals surface area contributed by atoms with Gasteiger partial charge in [-0.15, -0.1) is 0 Å². The van der Waals surface area contributed by atoms with Crippen molar-refractivity contribution < 1.29 is 4.79 Å². The number of nitrogens with one attached hydrogen (secondary N) is 1. The van der Waals surface area contributed by atoms with Gasteiger partial charge in [-0.1, -0.05) is 44.5 Å². The molecule has 3 heteroatoms. The first kappa shape index (κ1) is 14.0. The number of carbonyl (C=O) groups is 1. The predicted octanol–water partition coefficient (Wildman–Crippen LogP) is 3.74. The molecule has 1 rings (SSSR count). The van der Waals surface area contributed by atoms with E-state index >= 15 is 0 Å². The SMILES string of the molecule is CC(C)(C)C(=O)NC(C)(C)c1cccc(Cl)c1. The molecule has 1 amide bonds. The van der Waals surface area contributed by atoms with Crippen LogP contribution in [0.1, 0.15) is 40.2 Å². The lowest BCUT2D eigenvalue weighted by atomic mass is 9.90. The van der Waals surface area contributed by atoms with Gasteiger partial charge in [-0.3, -0.25) is 4.79 Å². The molecule has 1 N–H and O–H groups in total. The Hall–Kier alpha value is -1.02. The standard InChI is InChI=1S/C14H20ClNO/c1-13(2,3)12(17)16-14(4,5)10-7-6-8-11(15)9-10/h6-9H,1-5H3,(H,16,17). The molecule has 0 aliphatic carbocycles. The maximum Gasteiger partial charge on any atom is 0.226 e. The maximum absolute atomic E-state index is 12.0. The molecule has 1 aromatic rings. The van der Waals surface area contributed by atoms with Crippen molar-refractivity contribution in [2.24, 2.45) is 5.41 Å². The third kappa shape index (κ3) is 3.74. The van der Waals surface area contributed by atoms with Crippen LogP contribution in [0.15, 0.2) is 24.3 Å². The highest BCUT2D eigenvalue weighted by Gasteiger charge is 2.29. The molecule has 0 spiro atoms. The Labute approximate surface area is 108 Å². The van der Waals surface area contributed by atoms with E-state index in [0.717, 1.165) is 5.56 Å². The summed E-state index contributed by atoms with van der Waals surface area (Å²) in [4.78, 5) is 12.0. The molecule has 0 aliphatic heterocycles. The van der Waals surface area contributed by atoms with Crippen LogP contribution >= 0.6 is 11.6 Å². The van der Waals surface area contributed by atoms with E-state index in [4.69, 9.17) is 11.6 Å². The minimum Gasteiger partial charge on any atom is -0.347 e. The van der Waals surface area contributed by atoms with E-state index in [0.29, 0.717) is 5.02 Å². The minimum absolute atomic E-state index is 0.0301. The van der Waals surface area contributed by atoms with E-state index in [2.05, 4.69) is 5.32 Å². The van der Waals surface area contributed by atoms with Gasteiger partial charge in [-0.05, 0) is 31.5 Å². The normalized spacial score (nSPS) is 12.4. The van der Waals surface area contributed by atoms with Crippen molar-refractivity contribution in [3.05, 3.63) is 34.9 Å². The molecular formula is C14H20ClNO. The van der Waals surface area contributed by atoms with Crippen LogP contribution < -0.4 is 5.32 Å². The van der Waals surface area contributed by atoms with Gasteiger partial charge in [0.15, 0.2) is 0 Å². The largest absolute Gasteiger partial charge is 0.347 e. The number of hydrogen-bond acceptors (Lipinski definition) is 1. The van der Waals surface area contributed by atoms with Gasteiger partial charge in [0, 0.05) is 10.4 Å². The van der Waals surface area contributed by atoms with E-state index in [9.17, 15) is 4.79 Å². The summed E-state index contributed by atoms with van der Waals surface area (Å²) in [5.41, 5.74) is 0.188. The molecule has 17 heavy (non-hydrogen) atoms. The van der Waals surface area contributed by atoms with Gasteiger partial charge in [0.25, 0.3) is 0 Å². The van der Waals surface area contributed by atoms with Crippen molar-refractivity contribution in [2.45, 2.75) is 40.2 Å². The highest BCUT2D eigenvalue weighted by molar-refractivity contribution is 6.30. The Morgan fingerprint density at radius 2 is 1.76 bits per heavy atom. The van der Waals surface area contributed by atoms with E-state index in [1.807, 2.05) is 58.9 Å². The van der Waals surface area contributed by atoms with Gasteiger partial charge >= 0.3 is 0 Å². The number of halogens is 1. The zero-order valence-electron chi connectivity index (χ0n) is 11.1. The van der Waals surface area contributed by atoms with Gasteiger partial charge in [-0.2, -0.15) is 0 Å². The lowest BCUT2D eigenvalue weighted by Crippen LogP contribution is -2.46. The Kier molecular flexibility index (Phi) is 3.88. The zero-order valence-corrected chi connectivity index (χ0v) is 11.9. The molecule has 0 radical (unpaired) electrons. The minimum atomic E-state index is -0.421. The van der Waals surface area contributed by atoms with E-state index in [1.54, 1.807) is 0 Å². The van der Waals surface area contributed by atoms with Crippen molar-refractivity contribution in [3.63, 3.8) is 0 Å². The number of benzene rings is 1. The monoisotopic (exact) mass is 253 g/mol. The van der Waals surface area contributed by atoms with E-state index in [1.165, 1.54) is 0 Å². The lowest BCUT2D eigenvalue weighted by molar-refractivity contribution is -0.130. The van der Waals surface area contributed by atoms with Crippen LogP contribution in [-0.4, -0.2) is 5.91 Å². The Balaban J connectivity index is 2.93. The predicted molar refractivity (Wildman–Crippen MR) is 72.1 cm³/mol. The second kappa shape index (κ2) is 4.69. The molecule has 0 aliphatic rings. The fraction of sp³-hybridized carbons (Fsp3) is 0.500. The van der Waals surface area contributed by atoms with Crippen molar-refractivity contribution in [1.29, 1.82) is 0 Å². The zero-order chi connectivity index (χ0) is 13.3. The van der Waals surface area contributed by atoms with Crippen molar-refractivity contribution in [2.75, 3.05) is 0 Å². The van der Waals surface area contributed by atoms with Crippen LogP contribution in [-0.2, 0) is 10.3 Å². The molecule has 0 atom stereocenters. The highest BCUT2D eigenvalue weighted by atomic mass is 35.5. The first-order chi connectivity index (χ1) is 7.63. The second-order valence-corrected chi connectivity index (χ2v) is 6.28. The fourth-order valence-electron chi connectivity index (χ4n) is 1.42. The molecule has 0 unspecified atom stereocenters. The van der Waals surface area contributed by atoms with Crippen LogP contribution in [0.25, 0.3) is 0 Å². The molecular weight excluding hydrogens is 234 g/mol. The summed E-state index contributed by atoms with van der Waals surface area (Å²) < 4.78 is 0. The number of carbonyl (C=O) groups excluding carboxylic acids is 1. The number of rotatable bonds is 2. The summed E-state index contributed by atoms with van der Waals surface area (Å²) in [6.07, 6.45) is 0. The van der Waals surface area contributed by atoms with Crippen LogP contribution in [0.3, 0.4) is 0 Å². The van der Waals surface area contributed by atoms with Crippen molar-refractivity contribution in [3.8, 4) is 0 Å². The first-order valence-electron chi connectivity index (χ1n) is 5.71. The number of hydrogen-bond donors (Lipinski definition) is 1. The summed E-state index contributed by atoms with van der Waals surface area (Å²) in [5, 5.41) is 3.72. The molecule has 1 aromatic carbocycles. The van der Waals surface area contributed by atoms with Crippen molar-refractivity contribution in [1.82, 2.24) is 5.32 Å². The quantitative estimate of drug-likeness (QED) is 0.855. The summed E-state index contributed by atoms with van der Waals surface area (Å²) in [6, 6.07) is 7.56. The fourth-order valence-corrected chi connectivity index (χ4v) is 1.61. The third-order valence-electron chi connectivity index (χ3n) is 2.65. The maximum atomic E-state index is 12.0. The molecule has 0 aromatic heterocycles. The molecule has 0 bridgehead atoms. The topological polar surface area (TPSA) is 29.1 Å². The van der Waals surface area contributed by atoms with Crippen LogP contribution in [0.5, 0.6) is 0 Å². The van der Waals surface area contributed by atoms with Crippen LogP contribution in [0.4, 0.5) is 0 Å². The summed E-state index contributed by atoms with van der Waals surface area (Å²) in [6.45, 7) is 9.65. The number of amides is 1.